The Morgan fingerprint density at radius 1 is 1.33 bits per heavy atom. The Hall–Kier alpha value is -2.39. The highest BCUT2D eigenvalue weighted by Crippen LogP contribution is 2.30. The van der Waals surface area contributed by atoms with Crippen molar-refractivity contribution in [2.24, 2.45) is 0 Å². The van der Waals surface area contributed by atoms with E-state index in [0.717, 1.165) is 32.2 Å². The number of methoxy groups -OCH3 is 1. The predicted octanol–water partition coefficient (Wildman–Crippen LogP) is 4.10. The van der Waals surface area contributed by atoms with Crippen molar-refractivity contribution >= 4 is 35.2 Å². The lowest BCUT2D eigenvalue weighted by Gasteiger charge is -2.13. The molecule has 0 saturated heterocycles. The fourth-order valence-corrected chi connectivity index (χ4v) is 2.52. The standard InChI is InChI=1S/C16H10Cl2F4N2O3/c1-7-9(16(20,21)22)6-23-24(14(7)25)13-4-8(10(17)5-12(13)19)3-11(18)15(26)27-2/h3-6H,1-2H3/b11-3-. The molecule has 0 saturated carbocycles. The molecule has 1 heterocycles. The Morgan fingerprint density at radius 3 is 2.52 bits per heavy atom. The highest BCUT2D eigenvalue weighted by molar-refractivity contribution is 6.43. The minimum Gasteiger partial charge on any atom is -0.465 e. The van der Waals surface area contributed by atoms with Crippen LogP contribution in [-0.4, -0.2) is 22.9 Å². The third-order valence-corrected chi connectivity index (χ3v) is 4.07. The minimum atomic E-state index is -4.78. The van der Waals surface area contributed by atoms with Crippen LogP contribution in [0.3, 0.4) is 0 Å². The zero-order chi connectivity index (χ0) is 20.5. The van der Waals surface area contributed by atoms with Crippen LogP contribution in [0.15, 0.2) is 28.2 Å². The van der Waals surface area contributed by atoms with Gasteiger partial charge in [-0.15, -0.1) is 0 Å². The Morgan fingerprint density at radius 2 is 1.96 bits per heavy atom. The number of aromatic nitrogens is 2. The van der Waals surface area contributed by atoms with Gasteiger partial charge in [-0.2, -0.15) is 23.0 Å². The lowest BCUT2D eigenvalue weighted by Crippen LogP contribution is -2.28. The quantitative estimate of drug-likeness (QED) is 0.422. The monoisotopic (exact) mass is 424 g/mol. The molecule has 0 radical (unpaired) electrons. The SMILES string of the molecule is COC(=O)/C(Cl)=C/c1cc(-n2ncc(C(F)(F)F)c(C)c2=O)c(F)cc1Cl. The van der Waals surface area contributed by atoms with Crippen molar-refractivity contribution < 1.29 is 27.1 Å². The van der Waals surface area contributed by atoms with Crippen molar-refractivity contribution in [2.75, 3.05) is 7.11 Å². The van der Waals surface area contributed by atoms with Gasteiger partial charge in [0.05, 0.1) is 23.9 Å². The summed E-state index contributed by atoms with van der Waals surface area (Å²) in [5.41, 5.74) is -3.50. The number of benzene rings is 1. The van der Waals surface area contributed by atoms with Crippen molar-refractivity contribution in [3.05, 3.63) is 61.2 Å². The summed E-state index contributed by atoms with van der Waals surface area (Å²) >= 11 is 11.6. The van der Waals surface area contributed by atoms with E-state index in [-0.39, 0.29) is 15.6 Å². The number of esters is 1. The maximum absolute atomic E-state index is 14.3. The average Bonchev–Trinajstić information content (AvgIpc) is 2.58. The van der Waals surface area contributed by atoms with Crippen molar-refractivity contribution in [1.82, 2.24) is 9.78 Å². The fraction of sp³-hybridized carbons (Fsp3) is 0.188. The number of alkyl halides is 3. The first-order valence-electron chi connectivity index (χ1n) is 7.08. The molecule has 0 spiro atoms. The molecular formula is C16H10Cl2F4N2O3. The van der Waals surface area contributed by atoms with Gasteiger partial charge in [0.2, 0.25) is 0 Å². The van der Waals surface area contributed by atoms with E-state index in [1.54, 1.807) is 0 Å². The number of nitrogens with zero attached hydrogens (tertiary/aromatic N) is 2. The lowest BCUT2D eigenvalue weighted by molar-refractivity contribution is -0.138. The third-order valence-electron chi connectivity index (χ3n) is 3.48. The van der Waals surface area contributed by atoms with Crippen LogP contribution >= 0.6 is 23.2 Å². The Bertz CT molecular complexity index is 1000. The van der Waals surface area contributed by atoms with Gasteiger partial charge in [-0.05, 0) is 30.7 Å². The van der Waals surface area contributed by atoms with Gasteiger partial charge in [0.15, 0.2) is 5.82 Å². The van der Waals surface area contributed by atoms with Crippen LogP contribution in [0.4, 0.5) is 17.6 Å². The molecule has 0 aliphatic heterocycles. The number of rotatable bonds is 3. The van der Waals surface area contributed by atoms with Gasteiger partial charge in [0.1, 0.15) is 10.7 Å². The molecule has 1 aromatic carbocycles. The summed E-state index contributed by atoms with van der Waals surface area (Å²) in [4.78, 5) is 23.6. The van der Waals surface area contributed by atoms with Gasteiger partial charge in [-0.25, -0.2) is 9.18 Å². The Kier molecular flexibility index (Phi) is 5.96. The smallest absolute Gasteiger partial charge is 0.418 e. The number of halogens is 6. The van der Waals surface area contributed by atoms with E-state index in [2.05, 4.69) is 9.84 Å². The van der Waals surface area contributed by atoms with Gasteiger partial charge in [0, 0.05) is 5.56 Å². The molecule has 0 aliphatic rings. The first kappa shape index (κ1) is 20.9. The number of carbonyl (C=O) groups excluding carboxylic acids is 1. The second-order valence-corrected chi connectivity index (χ2v) is 6.02. The van der Waals surface area contributed by atoms with E-state index in [0.29, 0.717) is 10.9 Å². The zero-order valence-electron chi connectivity index (χ0n) is 13.7. The normalized spacial score (nSPS) is 12.2. The van der Waals surface area contributed by atoms with Crippen LogP contribution in [0.25, 0.3) is 11.8 Å². The van der Waals surface area contributed by atoms with E-state index in [1.807, 2.05) is 0 Å². The molecule has 0 atom stereocenters. The molecule has 11 heteroatoms. The van der Waals surface area contributed by atoms with E-state index < -0.39 is 40.3 Å². The molecule has 0 aliphatic carbocycles. The third kappa shape index (κ3) is 4.30. The zero-order valence-corrected chi connectivity index (χ0v) is 15.2. The van der Waals surface area contributed by atoms with Crippen molar-refractivity contribution in [1.29, 1.82) is 0 Å². The summed E-state index contributed by atoms with van der Waals surface area (Å²) < 4.78 is 57.7. The van der Waals surface area contributed by atoms with E-state index in [9.17, 15) is 27.2 Å². The van der Waals surface area contributed by atoms with Gasteiger partial charge < -0.3 is 4.74 Å². The number of ether oxygens (including phenoxy) is 1. The lowest BCUT2D eigenvalue weighted by atomic mass is 10.1. The van der Waals surface area contributed by atoms with E-state index >= 15 is 0 Å². The van der Waals surface area contributed by atoms with Crippen molar-refractivity contribution in [3.8, 4) is 5.69 Å². The molecule has 0 N–H and O–H groups in total. The molecule has 1 aromatic heterocycles. The van der Waals surface area contributed by atoms with Crippen LogP contribution in [0.5, 0.6) is 0 Å². The summed E-state index contributed by atoms with van der Waals surface area (Å²) in [5.74, 6) is -1.90. The Balaban J connectivity index is 2.67. The summed E-state index contributed by atoms with van der Waals surface area (Å²) in [7, 11) is 1.09. The summed E-state index contributed by atoms with van der Waals surface area (Å²) in [6, 6.07) is 1.83. The maximum Gasteiger partial charge on any atom is 0.418 e. The second kappa shape index (κ2) is 7.69. The number of hydrogen-bond donors (Lipinski definition) is 0. The maximum atomic E-state index is 14.3. The predicted molar refractivity (Wildman–Crippen MR) is 90.4 cm³/mol. The highest BCUT2D eigenvalue weighted by atomic mass is 35.5. The molecule has 0 bridgehead atoms. The first-order chi connectivity index (χ1) is 12.5. The van der Waals surface area contributed by atoms with Crippen LogP contribution in [0, 0.1) is 12.7 Å². The van der Waals surface area contributed by atoms with E-state index in [1.165, 1.54) is 0 Å². The minimum absolute atomic E-state index is 0.0229. The largest absolute Gasteiger partial charge is 0.465 e. The first-order valence-corrected chi connectivity index (χ1v) is 7.84. The fourth-order valence-electron chi connectivity index (χ4n) is 2.12. The molecule has 2 aromatic rings. The highest BCUT2D eigenvalue weighted by Gasteiger charge is 2.34. The van der Waals surface area contributed by atoms with Crippen LogP contribution < -0.4 is 5.56 Å². The summed E-state index contributed by atoms with van der Waals surface area (Å²) in [6.45, 7) is 0.950. The van der Waals surface area contributed by atoms with Crippen LogP contribution in [-0.2, 0) is 15.7 Å². The summed E-state index contributed by atoms with van der Waals surface area (Å²) in [6.07, 6.45) is -3.31. The van der Waals surface area contributed by atoms with Crippen molar-refractivity contribution in [3.63, 3.8) is 0 Å². The average molecular weight is 425 g/mol. The molecule has 0 unspecified atom stereocenters. The Labute approximate surface area is 159 Å². The van der Waals surface area contributed by atoms with Crippen LogP contribution in [0.2, 0.25) is 5.02 Å². The number of carbonyl (C=O) groups is 1. The van der Waals surface area contributed by atoms with Crippen LogP contribution in [0.1, 0.15) is 16.7 Å². The second-order valence-electron chi connectivity index (χ2n) is 5.21. The molecule has 0 fully saturated rings. The van der Waals surface area contributed by atoms with Crippen molar-refractivity contribution in [2.45, 2.75) is 13.1 Å². The molecule has 5 nitrogen and oxygen atoms in total. The summed E-state index contributed by atoms with van der Waals surface area (Å²) in [5, 5.41) is 2.85. The molecular weight excluding hydrogens is 415 g/mol. The number of hydrogen-bond acceptors (Lipinski definition) is 4. The van der Waals surface area contributed by atoms with Gasteiger partial charge in [-0.1, -0.05) is 23.2 Å². The van der Waals surface area contributed by atoms with Gasteiger partial charge >= 0.3 is 12.1 Å². The topological polar surface area (TPSA) is 61.2 Å². The van der Waals surface area contributed by atoms with Gasteiger partial charge in [-0.3, -0.25) is 4.79 Å². The molecule has 2 rings (SSSR count). The molecule has 144 valence electrons. The molecule has 27 heavy (non-hydrogen) atoms. The molecule has 0 amide bonds. The van der Waals surface area contributed by atoms with Gasteiger partial charge in [0.25, 0.3) is 5.56 Å². The van der Waals surface area contributed by atoms with E-state index in [4.69, 9.17) is 23.2 Å².